The van der Waals surface area contributed by atoms with E-state index in [1.807, 2.05) is 4.72 Å². The van der Waals surface area contributed by atoms with Gasteiger partial charge in [-0.2, -0.15) is 13.2 Å². The zero-order valence-corrected chi connectivity index (χ0v) is 16.6. The summed E-state index contributed by atoms with van der Waals surface area (Å²) in [5, 5.41) is 1.50. The summed E-state index contributed by atoms with van der Waals surface area (Å²) in [6, 6.07) is 4.98. The molecule has 2 aromatic carbocycles. The van der Waals surface area contributed by atoms with E-state index in [-0.39, 0.29) is 5.69 Å². The van der Waals surface area contributed by atoms with Gasteiger partial charge in [-0.1, -0.05) is 11.6 Å². The van der Waals surface area contributed by atoms with E-state index in [2.05, 4.69) is 10.1 Å². The van der Waals surface area contributed by atoms with Crippen molar-refractivity contribution in [3.05, 3.63) is 58.4 Å². The Balaban J connectivity index is 2.09. The molecule has 0 spiro atoms. The number of sulfonamides is 1. The maximum atomic E-state index is 13.8. The highest BCUT2D eigenvalue weighted by molar-refractivity contribution is 7.89. The van der Waals surface area contributed by atoms with Crippen LogP contribution >= 0.6 is 11.6 Å². The standard InChI is InChI=1S/C17H13ClF4N2O5S/c1-23-30(27,28)10-3-5-14(19)11(7-10)16(26)29-8-15(25)24-9-2-4-13(18)12(6-9)17(20,21)22/h2-7,23H,8H2,1H3,(H,24,25). The van der Waals surface area contributed by atoms with E-state index in [0.29, 0.717) is 6.07 Å². The van der Waals surface area contributed by atoms with Crippen LogP contribution in [0.4, 0.5) is 23.2 Å². The fraction of sp³-hybridized carbons (Fsp3) is 0.176. The number of amides is 1. The predicted octanol–water partition coefficient (Wildman–Crippen LogP) is 3.20. The Bertz CT molecular complexity index is 1090. The van der Waals surface area contributed by atoms with E-state index in [1.54, 1.807) is 0 Å². The first-order valence-electron chi connectivity index (χ1n) is 7.92. The van der Waals surface area contributed by atoms with Crippen LogP contribution in [-0.4, -0.2) is 33.9 Å². The number of alkyl halides is 3. The second-order valence-corrected chi connectivity index (χ2v) is 7.96. The third-order valence-corrected chi connectivity index (χ3v) is 5.37. The Morgan fingerprint density at radius 3 is 2.40 bits per heavy atom. The van der Waals surface area contributed by atoms with E-state index in [1.165, 1.54) is 0 Å². The molecule has 0 fully saturated rings. The molecule has 13 heteroatoms. The zero-order valence-electron chi connectivity index (χ0n) is 15.0. The number of rotatable bonds is 6. The second-order valence-electron chi connectivity index (χ2n) is 5.67. The molecule has 30 heavy (non-hydrogen) atoms. The molecule has 0 bridgehead atoms. The van der Waals surface area contributed by atoms with Crippen LogP contribution in [0.2, 0.25) is 5.02 Å². The van der Waals surface area contributed by atoms with Crippen LogP contribution in [0, 0.1) is 5.82 Å². The van der Waals surface area contributed by atoms with Crippen LogP contribution in [0.5, 0.6) is 0 Å². The van der Waals surface area contributed by atoms with Crippen molar-refractivity contribution in [2.45, 2.75) is 11.1 Å². The summed E-state index contributed by atoms with van der Waals surface area (Å²) in [5.41, 5.74) is -2.19. The lowest BCUT2D eigenvalue weighted by atomic mass is 10.2. The van der Waals surface area contributed by atoms with Gasteiger partial charge in [0.05, 0.1) is 21.0 Å². The fourth-order valence-electron chi connectivity index (χ4n) is 2.17. The van der Waals surface area contributed by atoms with E-state index in [4.69, 9.17) is 11.6 Å². The minimum atomic E-state index is -4.75. The number of halogens is 5. The Labute approximate surface area is 173 Å². The third-order valence-electron chi connectivity index (χ3n) is 3.63. The van der Waals surface area contributed by atoms with Crippen molar-refractivity contribution in [1.82, 2.24) is 4.72 Å². The second kappa shape index (κ2) is 8.98. The molecule has 162 valence electrons. The summed E-state index contributed by atoms with van der Waals surface area (Å²) in [6.07, 6.45) is -4.75. The molecule has 0 saturated heterocycles. The van der Waals surface area contributed by atoms with Gasteiger partial charge in [0.2, 0.25) is 10.0 Å². The van der Waals surface area contributed by atoms with Crippen molar-refractivity contribution >= 4 is 39.2 Å². The van der Waals surface area contributed by atoms with Gasteiger partial charge in [0, 0.05) is 5.69 Å². The Hall–Kier alpha value is -2.70. The molecular weight excluding hydrogens is 456 g/mol. The van der Waals surface area contributed by atoms with Crippen molar-refractivity contribution in [2.75, 3.05) is 19.0 Å². The first-order chi connectivity index (χ1) is 13.8. The average Bonchev–Trinajstić information content (AvgIpc) is 2.67. The molecule has 0 radical (unpaired) electrons. The van der Waals surface area contributed by atoms with Crippen LogP contribution in [0.15, 0.2) is 41.3 Å². The van der Waals surface area contributed by atoms with Crippen LogP contribution in [-0.2, 0) is 25.7 Å². The summed E-state index contributed by atoms with van der Waals surface area (Å²) in [6.45, 7) is -0.967. The molecule has 1 amide bonds. The van der Waals surface area contributed by atoms with E-state index in [9.17, 15) is 35.6 Å². The lowest BCUT2D eigenvalue weighted by Crippen LogP contribution is -2.22. The van der Waals surface area contributed by atoms with E-state index in [0.717, 1.165) is 37.4 Å². The largest absolute Gasteiger partial charge is 0.452 e. The van der Waals surface area contributed by atoms with Crippen molar-refractivity contribution in [3.63, 3.8) is 0 Å². The highest BCUT2D eigenvalue weighted by Gasteiger charge is 2.33. The average molecular weight is 469 g/mol. The topological polar surface area (TPSA) is 102 Å². The minimum Gasteiger partial charge on any atom is -0.452 e. The maximum absolute atomic E-state index is 13.8. The molecule has 0 aliphatic rings. The van der Waals surface area contributed by atoms with Crippen molar-refractivity contribution in [3.8, 4) is 0 Å². The maximum Gasteiger partial charge on any atom is 0.417 e. The Morgan fingerprint density at radius 2 is 1.80 bits per heavy atom. The highest BCUT2D eigenvalue weighted by Crippen LogP contribution is 2.36. The summed E-state index contributed by atoms with van der Waals surface area (Å²) in [4.78, 5) is 23.4. The minimum absolute atomic E-state index is 0.263. The number of carbonyl (C=O) groups excluding carboxylic acids is 2. The molecule has 0 aromatic heterocycles. The van der Waals surface area contributed by atoms with Crippen LogP contribution in [0.25, 0.3) is 0 Å². The Kier molecular flexibility index (Phi) is 7.06. The molecule has 0 unspecified atom stereocenters. The van der Waals surface area contributed by atoms with Gasteiger partial charge in [-0.25, -0.2) is 22.3 Å². The quantitative estimate of drug-likeness (QED) is 0.501. The molecule has 0 aliphatic carbocycles. The fourth-order valence-corrected chi connectivity index (χ4v) is 3.15. The molecule has 2 aromatic rings. The van der Waals surface area contributed by atoms with Gasteiger partial charge in [-0.3, -0.25) is 4.79 Å². The Morgan fingerprint density at radius 1 is 1.13 bits per heavy atom. The third kappa shape index (κ3) is 5.68. The molecule has 0 aliphatic heterocycles. The van der Waals surface area contributed by atoms with Crippen molar-refractivity contribution in [2.24, 2.45) is 0 Å². The highest BCUT2D eigenvalue weighted by atomic mass is 35.5. The van der Waals surface area contributed by atoms with Crippen molar-refractivity contribution in [1.29, 1.82) is 0 Å². The molecule has 7 nitrogen and oxygen atoms in total. The van der Waals surface area contributed by atoms with Gasteiger partial charge in [0.15, 0.2) is 6.61 Å². The zero-order chi connectivity index (χ0) is 22.7. The molecule has 0 heterocycles. The van der Waals surface area contributed by atoms with Gasteiger partial charge in [-0.05, 0) is 43.4 Å². The lowest BCUT2D eigenvalue weighted by Gasteiger charge is -2.12. The first-order valence-corrected chi connectivity index (χ1v) is 9.78. The molecule has 0 saturated carbocycles. The number of ether oxygens (including phenoxy) is 1. The SMILES string of the molecule is CNS(=O)(=O)c1ccc(F)c(C(=O)OCC(=O)Nc2ccc(Cl)c(C(F)(F)F)c2)c1. The number of nitrogens with one attached hydrogen (secondary N) is 2. The normalized spacial score (nSPS) is 11.8. The summed E-state index contributed by atoms with van der Waals surface area (Å²) in [7, 11) is -2.86. The van der Waals surface area contributed by atoms with Gasteiger partial charge in [0.1, 0.15) is 5.82 Å². The van der Waals surface area contributed by atoms with Crippen LogP contribution in [0.3, 0.4) is 0 Å². The number of anilines is 1. The number of esters is 1. The molecule has 0 atom stereocenters. The molecular formula is C17H13ClF4N2O5S. The predicted molar refractivity (Wildman–Crippen MR) is 98.0 cm³/mol. The summed E-state index contributed by atoms with van der Waals surface area (Å²) < 4.78 is 82.4. The van der Waals surface area contributed by atoms with Crippen molar-refractivity contribution < 1.29 is 40.3 Å². The van der Waals surface area contributed by atoms with E-state index < -0.39 is 61.5 Å². The number of hydrogen-bond acceptors (Lipinski definition) is 5. The number of benzene rings is 2. The van der Waals surface area contributed by atoms with Crippen LogP contribution < -0.4 is 10.0 Å². The lowest BCUT2D eigenvalue weighted by molar-refractivity contribution is -0.137. The molecule has 2 rings (SSSR count). The summed E-state index contributed by atoms with van der Waals surface area (Å²) in [5.74, 6) is -3.45. The summed E-state index contributed by atoms with van der Waals surface area (Å²) >= 11 is 5.47. The van der Waals surface area contributed by atoms with Crippen LogP contribution in [0.1, 0.15) is 15.9 Å². The monoisotopic (exact) mass is 468 g/mol. The van der Waals surface area contributed by atoms with Gasteiger partial charge >= 0.3 is 12.1 Å². The van der Waals surface area contributed by atoms with Gasteiger partial charge in [-0.15, -0.1) is 0 Å². The van der Waals surface area contributed by atoms with Gasteiger partial charge < -0.3 is 10.1 Å². The number of carbonyl (C=O) groups is 2. The number of hydrogen-bond donors (Lipinski definition) is 2. The van der Waals surface area contributed by atoms with Gasteiger partial charge in [0.25, 0.3) is 5.91 Å². The first kappa shape index (κ1) is 23.6. The van der Waals surface area contributed by atoms with E-state index >= 15 is 0 Å². The molecule has 2 N–H and O–H groups in total. The smallest absolute Gasteiger partial charge is 0.417 e.